The van der Waals surface area contributed by atoms with Gasteiger partial charge in [0, 0.05) is 6.42 Å². The van der Waals surface area contributed by atoms with Crippen LogP contribution in [-0.2, 0) is 12.8 Å². The molecule has 1 aliphatic rings. The predicted molar refractivity (Wildman–Crippen MR) is 70.3 cm³/mol. The Morgan fingerprint density at radius 2 is 1.82 bits per heavy atom. The van der Waals surface area contributed by atoms with Gasteiger partial charge in [-0.05, 0) is 34.2 Å². The maximum absolute atomic E-state index is 7.34. The highest BCUT2D eigenvalue weighted by molar-refractivity contribution is 5.81. The molecule has 0 bridgehead atoms. The second-order valence-electron chi connectivity index (χ2n) is 4.53. The highest BCUT2D eigenvalue weighted by atomic mass is 14.7. The van der Waals surface area contributed by atoms with Gasteiger partial charge in [-0.25, -0.2) is 0 Å². The van der Waals surface area contributed by atoms with E-state index in [1.54, 1.807) is 0 Å². The first-order valence-corrected chi connectivity index (χ1v) is 5.77. The summed E-state index contributed by atoms with van der Waals surface area (Å²) in [6.45, 7) is 0. The normalized spacial score (nSPS) is 12.0. The van der Waals surface area contributed by atoms with Crippen molar-refractivity contribution in [3.8, 4) is 11.1 Å². The number of hydrogen-bond acceptors (Lipinski definition) is 1. The van der Waals surface area contributed by atoms with E-state index in [0.29, 0.717) is 6.42 Å². The number of amidine groups is 1. The van der Waals surface area contributed by atoms with Crippen LogP contribution in [0.1, 0.15) is 16.7 Å². The van der Waals surface area contributed by atoms with Crippen molar-refractivity contribution in [2.45, 2.75) is 12.8 Å². The average molecular weight is 222 g/mol. The van der Waals surface area contributed by atoms with E-state index in [2.05, 4.69) is 42.5 Å². The van der Waals surface area contributed by atoms with Crippen LogP contribution in [0.15, 0.2) is 42.5 Å². The molecule has 84 valence electrons. The summed E-state index contributed by atoms with van der Waals surface area (Å²) in [6.07, 6.45) is 1.54. The summed E-state index contributed by atoms with van der Waals surface area (Å²) in [7, 11) is 0. The molecule has 0 aliphatic heterocycles. The number of benzene rings is 2. The van der Waals surface area contributed by atoms with Crippen molar-refractivity contribution in [3.63, 3.8) is 0 Å². The van der Waals surface area contributed by atoms with E-state index in [-0.39, 0.29) is 5.84 Å². The zero-order valence-electron chi connectivity index (χ0n) is 9.53. The van der Waals surface area contributed by atoms with Crippen LogP contribution in [0, 0.1) is 5.41 Å². The Morgan fingerprint density at radius 3 is 2.65 bits per heavy atom. The third-order valence-corrected chi connectivity index (χ3v) is 3.25. The molecule has 2 nitrogen and oxygen atoms in total. The van der Waals surface area contributed by atoms with E-state index >= 15 is 0 Å². The molecule has 3 N–H and O–H groups in total. The van der Waals surface area contributed by atoms with Crippen LogP contribution in [-0.4, -0.2) is 5.84 Å². The topological polar surface area (TPSA) is 49.9 Å². The van der Waals surface area contributed by atoms with Gasteiger partial charge < -0.3 is 5.73 Å². The summed E-state index contributed by atoms with van der Waals surface area (Å²) < 4.78 is 0. The molecule has 0 amide bonds. The number of rotatable bonds is 2. The van der Waals surface area contributed by atoms with E-state index in [1.165, 1.54) is 22.3 Å². The minimum atomic E-state index is 0.223. The summed E-state index contributed by atoms with van der Waals surface area (Å²) in [4.78, 5) is 0. The summed E-state index contributed by atoms with van der Waals surface area (Å²) >= 11 is 0. The van der Waals surface area contributed by atoms with Crippen molar-refractivity contribution in [3.05, 3.63) is 59.2 Å². The van der Waals surface area contributed by atoms with Crippen molar-refractivity contribution in [1.82, 2.24) is 0 Å². The molecule has 0 unspecified atom stereocenters. The van der Waals surface area contributed by atoms with Gasteiger partial charge in [0.25, 0.3) is 0 Å². The molecule has 0 atom stereocenters. The molecule has 0 radical (unpaired) electrons. The van der Waals surface area contributed by atoms with Crippen LogP contribution in [0.2, 0.25) is 0 Å². The SMILES string of the molecule is N=C(N)Cc1ccc2c(c1)Cc1ccccc1-2. The molecule has 0 heterocycles. The molecule has 1 aliphatic carbocycles. The molecule has 0 aromatic heterocycles. The lowest BCUT2D eigenvalue weighted by molar-refractivity contribution is 1.20. The average Bonchev–Trinajstić information content (AvgIpc) is 2.65. The Kier molecular flexibility index (Phi) is 2.22. The molecule has 0 spiro atoms. The first-order valence-electron chi connectivity index (χ1n) is 5.77. The van der Waals surface area contributed by atoms with Crippen molar-refractivity contribution in [2.24, 2.45) is 5.73 Å². The Balaban J connectivity index is 2.04. The molecule has 2 aromatic carbocycles. The number of nitrogens with one attached hydrogen (secondary N) is 1. The summed E-state index contributed by atoms with van der Waals surface area (Å²) in [5.41, 5.74) is 12.0. The molecule has 17 heavy (non-hydrogen) atoms. The van der Waals surface area contributed by atoms with Crippen molar-refractivity contribution < 1.29 is 0 Å². The van der Waals surface area contributed by atoms with Crippen LogP contribution in [0.3, 0.4) is 0 Å². The molecule has 0 saturated heterocycles. The van der Waals surface area contributed by atoms with Crippen LogP contribution in [0.25, 0.3) is 11.1 Å². The van der Waals surface area contributed by atoms with Crippen molar-refractivity contribution in [1.29, 1.82) is 5.41 Å². The Bertz CT molecular complexity index is 600. The Hall–Kier alpha value is -2.09. The lowest BCUT2D eigenvalue weighted by Gasteiger charge is -2.04. The summed E-state index contributed by atoms with van der Waals surface area (Å²) in [5, 5.41) is 7.34. The third-order valence-electron chi connectivity index (χ3n) is 3.25. The smallest absolute Gasteiger partial charge is 0.0950 e. The zero-order valence-corrected chi connectivity index (χ0v) is 9.53. The highest BCUT2D eigenvalue weighted by Gasteiger charge is 2.17. The van der Waals surface area contributed by atoms with E-state index in [4.69, 9.17) is 11.1 Å². The largest absolute Gasteiger partial charge is 0.387 e. The first-order chi connectivity index (χ1) is 8.24. The number of fused-ring (bicyclic) bond motifs is 3. The van der Waals surface area contributed by atoms with Crippen LogP contribution in [0.5, 0.6) is 0 Å². The quantitative estimate of drug-likeness (QED) is 0.508. The van der Waals surface area contributed by atoms with Gasteiger partial charge in [-0.1, -0.05) is 42.5 Å². The Morgan fingerprint density at radius 1 is 1.06 bits per heavy atom. The number of nitrogens with two attached hydrogens (primary N) is 1. The van der Waals surface area contributed by atoms with Gasteiger partial charge in [0.15, 0.2) is 0 Å². The highest BCUT2D eigenvalue weighted by Crippen LogP contribution is 2.36. The van der Waals surface area contributed by atoms with Crippen LogP contribution in [0.4, 0.5) is 0 Å². The maximum atomic E-state index is 7.34. The summed E-state index contributed by atoms with van der Waals surface area (Å²) in [5.74, 6) is 0.223. The lowest BCUT2D eigenvalue weighted by Crippen LogP contribution is -2.12. The minimum absolute atomic E-state index is 0.223. The van der Waals surface area contributed by atoms with Gasteiger partial charge in [0.1, 0.15) is 0 Å². The van der Waals surface area contributed by atoms with Crippen LogP contribution < -0.4 is 5.73 Å². The van der Waals surface area contributed by atoms with E-state index in [0.717, 1.165) is 12.0 Å². The first kappa shape index (κ1) is 10.1. The van der Waals surface area contributed by atoms with Gasteiger partial charge in [-0.3, -0.25) is 5.41 Å². The third kappa shape index (κ3) is 1.72. The second-order valence-corrected chi connectivity index (χ2v) is 4.53. The molecule has 2 aromatic rings. The molecular weight excluding hydrogens is 208 g/mol. The Labute approximate surface area is 101 Å². The van der Waals surface area contributed by atoms with Gasteiger partial charge in [0.05, 0.1) is 5.84 Å². The van der Waals surface area contributed by atoms with E-state index in [1.807, 2.05) is 0 Å². The lowest BCUT2D eigenvalue weighted by atomic mass is 10.0. The van der Waals surface area contributed by atoms with E-state index < -0.39 is 0 Å². The molecule has 3 rings (SSSR count). The van der Waals surface area contributed by atoms with E-state index in [9.17, 15) is 0 Å². The number of hydrogen-bond donors (Lipinski definition) is 2. The monoisotopic (exact) mass is 222 g/mol. The second kappa shape index (κ2) is 3.74. The van der Waals surface area contributed by atoms with Gasteiger partial charge in [0.2, 0.25) is 0 Å². The van der Waals surface area contributed by atoms with Gasteiger partial charge in [-0.2, -0.15) is 0 Å². The minimum Gasteiger partial charge on any atom is -0.387 e. The van der Waals surface area contributed by atoms with Crippen molar-refractivity contribution >= 4 is 5.84 Å². The van der Waals surface area contributed by atoms with Crippen molar-refractivity contribution in [2.75, 3.05) is 0 Å². The standard InChI is InChI=1S/C15H14N2/c16-15(17)8-10-5-6-14-12(7-10)9-11-3-1-2-4-13(11)14/h1-7H,8-9H2,(H3,16,17). The zero-order chi connectivity index (χ0) is 11.8. The molecular formula is C15H14N2. The fourth-order valence-corrected chi connectivity index (χ4v) is 2.53. The van der Waals surface area contributed by atoms with Gasteiger partial charge in [-0.15, -0.1) is 0 Å². The fourth-order valence-electron chi connectivity index (χ4n) is 2.53. The molecule has 2 heteroatoms. The molecule has 0 saturated carbocycles. The van der Waals surface area contributed by atoms with Gasteiger partial charge >= 0.3 is 0 Å². The predicted octanol–water partition coefficient (Wildman–Crippen LogP) is 2.74. The van der Waals surface area contributed by atoms with Crippen LogP contribution >= 0.6 is 0 Å². The fraction of sp³-hybridized carbons (Fsp3) is 0.133. The summed E-state index contributed by atoms with van der Waals surface area (Å²) in [6, 6.07) is 14.9. The molecule has 0 fully saturated rings. The maximum Gasteiger partial charge on any atom is 0.0950 e.